The monoisotopic (exact) mass is 1120 g/mol. The summed E-state index contributed by atoms with van der Waals surface area (Å²) in [5.41, 5.74) is 11.5. The second-order valence-electron chi connectivity index (χ2n) is 19.5. The number of thiol groups is 1. The van der Waals surface area contributed by atoms with E-state index in [1.165, 1.54) is 18.5 Å². The predicted octanol–water partition coefficient (Wildman–Crippen LogP) is 13.9. The van der Waals surface area contributed by atoms with Crippen LogP contribution in [0.2, 0.25) is 0 Å². The maximum absolute atomic E-state index is 13.8. The molecule has 0 radical (unpaired) electrons. The van der Waals surface area contributed by atoms with Gasteiger partial charge in [-0.2, -0.15) is 12.6 Å². The van der Waals surface area contributed by atoms with Gasteiger partial charge in [-0.15, -0.1) is 34.8 Å². The smallest absolute Gasteiger partial charge is 0.274 e. The van der Waals surface area contributed by atoms with Gasteiger partial charge in [-0.1, -0.05) is 55.9 Å². The maximum Gasteiger partial charge on any atom is 0.274 e. The van der Waals surface area contributed by atoms with E-state index in [-0.39, 0.29) is 29.4 Å². The van der Waals surface area contributed by atoms with Crippen molar-refractivity contribution >= 4 is 148 Å². The van der Waals surface area contributed by atoms with Crippen LogP contribution < -0.4 is 26.2 Å². The third-order valence-corrected chi connectivity index (χ3v) is 16.0. The maximum atomic E-state index is 13.8. The van der Waals surface area contributed by atoms with Gasteiger partial charge in [0.15, 0.2) is 0 Å². The predicted molar refractivity (Wildman–Crippen MR) is 323 cm³/mol. The Kier molecular flexibility index (Phi) is 15.0. The Morgan fingerprint density at radius 1 is 0.667 bits per heavy atom. The fraction of sp³-hybridized carbons (Fsp3) is 0.217. The zero-order chi connectivity index (χ0) is 55.6. The Labute approximate surface area is 471 Å². The quantitative estimate of drug-likeness (QED) is 0.0493. The number of carbonyl (C=O) groups excluding carboxylic acids is 3. The summed E-state index contributed by atoms with van der Waals surface area (Å²) in [7, 11) is 1.25. The number of amides is 3. The topological polar surface area (TPSA) is 211 Å². The lowest BCUT2D eigenvalue weighted by Gasteiger charge is -2.17. The number of alkyl halides is 3. The Morgan fingerprint density at radius 2 is 1.21 bits per heavy atom. The molecule has 3 amide bonds. The molecule has 78 heavy (non-hydrogen) atoms. The minimum absolute atomic E-state index is 0.0737. The molecule has 18 heteroatoms. The molecule has 0 aliphatic carbocycles. The first kappa shape index (κ1) is 52.4. The second-order valence-corrected chi connectivity index (χ2v) is 20.9. The summed E-state index contributed by atoms with van der Waals surface area (Å²) in [6, 6.07) is 35.0. The molecule has 400 valence electrons. The first-order valence-corrected chi connectivity index (χ1v) is 27.4. The summed E-state index contributed by atoms with van der Waals surface area (Å²) >= 11 is 22.4. The molecule has 0 saturated carbocycles. The second kappa shape index (κ2) is 22.3. The fourth-order valence-corrected chi connectivity index (χ4v) is 12.0. The van der Waals surface area contributed by atoms with Crippen LogP contribution in [0.15, 0.2) is 121 Å². The van der Waals surface area contributed by atoms with Gasteiger partial charge < -0.3 is 56.4 Å². The zero-order valence-corrected chi connectivity index (χ0v) is 45.7. The number of benzene rings is 7. The van der Waals surface area contributed by atoms with Crippen molar-refractivity contribution in [3.05, 3.63) is 155 Å². The Morgan fingerprint density at radius 3 is 1.83 bits per heavy atom. The van der Waals surface area contributed by atoms with Gasteiger partial charge in [0.2, 0.25) is 5.91 Å². The first-order valence-electron chi connectivity index (χ1n) is 26.1. The summed E-state index contributed by atoms with van der Waals surface area (Å²) in [5.74, 6) is 2.64. The van der Waals surface area contributed by atoms with E-state index in [0.717, 1.165) is 89.8 Å². The van der Waals surface area contributed by atoms with E-state index in [1.54, 1.807) is 59.5 Å². The molecule has 3 aliphatic rings. The molecule has 10 N–H and O–H groups in total. The van der Waals surface area contributed by atoms with E-state index < -0.39 is 0 Å². The van der Waals surface area contributed by atoms with Crippen LogP contribution in [-0.2, 0) is 4.79 Å². The number of hydrogen-bond acceptors (Lipinski definition) is 9. The van der Waals surface area contributed by atoms with Crippen molar-refractivity contribution in [3.63, 3.8) is 0 Å². The van der Waals surface area contributed by atoms with E-state index in [1.807, 2.05) is 73.8 Å². The molecule has 0 unspecified atom stereocenters. The van der Waals surface area contributed by atoms with Crippen molar-refractivity contribution in [2.45, 2.75) is 38.5 Å². The molecule has 6 heterocycles. The van der Waals surface area contributed by atoms with Crippen molar-refractivity contribution in [2.24, 2.45) is 0 Å². The number of anilines is 5. The number of H-pyrrole nitrogens is 3. The normalized spacial score (nSPS) is 15.9. The van der Waals surface area contributed by atoms with Crippen molar-refractivity contribution in [3.8, 4) is 17.2 Å². The van der Waals surface area contributed by atoms with Crippen molar-refractivity contribution in [1.29, 1.82) is 0 Å². The van der Waals surface area contributed by atoms with E-state index in [4.69, 9.17) is 36.2 Å². The van der Waals surface area contributed by atoms with Crippen LogP contribution in [-0.4, -0.2) is 91.0 Å². The third kappa shape index (κ3) is 9.96. The summed E-state index contributed by atoms with van der Waals surface area (Å²) in [4.78, 5) is 50.0. The molecule has 14 nitrogen and oxygen atoms in total. The lowest BCUT2D eigenvalue weighted by molar-refractivity contribution is -0.115. The van der Waals surface area contributed by atoms with Crippen LogP contribution in [0.1, 0.15) is 76.2 Å². The largest absolute Gasteiger partial charge is 0.507 e. The molecule has 3 atom stereocenters. The van der Waals surface area contributed by atoms with E-state index >= 15 is 0 Å². The molecular weight excluding hydrogens is 1070 g/mol. The van der Waals surface area contributed by atoms with E-state index in [9.17, 15) is 29.7 Å². The number of halogens is 3. The number of aromatic amines is 3. The number of nitrogens with zero attached hydrogens (tertiary/aromatic N) is 1. The van der Waals surface area contributed by atoms with Gasteiger partial charge >= 0.3 is 0 Å². The van der Waals surface area contributed by atoms with Crippen molar-refractivity contribution in [2.75, 3.05) is 69.2 Å². The number of fused-ring (bicyclic) bond motifs is 11. The number of nitrogens with one attached hydrogen (secondary N) is 7. The fourth-order valence-electron chi connectivity index (χ4n) is 11.0. The molecule has 3 aliphatic heterocycles. The molecule has 0 bridgehead atoms. The highest BCUT2D eigenvalue weighted by atomic mass is 35.5. The molecule has 3 aromatic heterocycles. The zero-order valence-electron chi connectivity index (χ0n) is 43.5. The Balaban J connectivity index is 0.000000167. The highest BCUT2D eigenvalue weighted by Gasteiger charge is 2.36. The van der Waals surface area contributed by atoms with Crippen LogP contribution in [0.5, 0.6) is 17.2 Å². The van der Waals surface area contributed by atoms with Gasteiger partial charge in [-0.25, -0.2) is 0 Å². The van der Waals surface area contributed by atoms with Gasteiger partial charge in [0, 0.05) is 148 Å². The van der Waals surface area contributed by atoms with Crippen molar-refractivity contribution in [1.82, 2.24) is 15.0 Å². The van der Waals surface area contributed by atoms with Gasteiger partial charge in [0.1, 0.15) is 28.6 Å². The highest BCUT2D eigenvalue weighted by molar-refractivity contribution is 7.80. The van der Waals surface area contributed by atoms with Crippen LogP contribution in [0.3, 0.4) is 0 Å². The number of aromatic hydroxyl groups is 3. The van der Waals surface area contributed by atoms with E-state index in [0.29, 0.717) is 88.1 Å². The molecule has 0 saturated heterocycles. The molecule has 0 fully saturated rings. The summed E-state index contributed by atoms with van der Waals surface area (Å²) in [6.07, 6.45) is 2.24. The van der Waals surface area contributed by atoms with Gasteiger partial charge in [0.05, 0.1) is 11.2 Å². The summed E-state index contributed by atoms with van der Waals surface area (Å²) < 4.78 is 5.75. The third-order valence-electron chi connectivity index (χ3n) is 14.7. The average molecular weight is 1130 g/mol. The summed E-state index contributed by atoms with van der Waals surface area (Å²) in [6.45, 7) is 4.15. The molecule has 0 spiro atoms. The van der Waals surface area contributed by atoms with Crippen LogP contribution >= 0.6 is 47.4 Å². The van der Waals surface area contributed by atoms with Gasteiger partial charge in [-0.3, -0.25) is 14.4 Å². The molecular formula is C60H57Cl3N8O6S. The number of phenols is 3. The van der Waals surface area contributed by atoms with E-state index in [2.05, 4.69) is 48.8 Å². The molecule has 7 aromatic carbocycles. The average Bonchev–Trinajstić information content (AvgIpc) is 4.55. The van der Waals surface area contributed by atoms with Crippen LogP contribution in [0.4, 0.5) is 28.4 Å². The number of aromatic nitrogens is 3. The molecule has 13 rings (SSSR count). The van der Waals surface area contributed by atoms with Crippen LogP contribution in [0.25, 0.3) is 54.3 Å². The first-order chi connectivity index (χ1) is 38.3. The minimum atomic E-state index is -0.328. The highest BCUT2D eigenvalue weighted by Crippen LogP contribution is 2.47. The summed E-state index contributed by atoms with van der Waals surface area (Å²) in [5, 5.41) is 49.2. The SMILES string of the molecule is Cc1c[nH]c2c(O)cc3c(c12)[C@H](CCl)CN3.O=C(CCS)Nc1ccc2[nH]c(C(=O)Nc3ccc4[nH]c(C(=O)N5C[C@@H](CCl)c6c5cc(O)c5ccccc65)cc4c3)cc2c1.Oc1cc2c(c3ccccc13)[C@H](CCl)CN2.[2H]C. The van der Waals surface area contributed by atoms with Gasteiger partial charge in [-0.05, 0) is 94.2 Å². The lowest BCUT2D eigenvalue weighted by atomic mass is 9.95. The van der Waals surface area contributed by atoms with Crippen molar-refractivity contribution < 1.29 is 31.1 Å². The number of carbonyl (C=O) groups is 3. The lowest BCUT2D eigenvalue weighted by Crippen LogP contribution is -2.30. The Hall–Kier alpha value is -7.69. The number of phenolic OH excluding ortho intramolecular Hbond substituents is 3. The number of aryl methyl sites for hydroxylation is 1. The number of rotatable bonds is 9. The van der Waals surface area contributed by atoms with Gasteiger partial charge in [0.25, 0.3) is 11.8 Å². The number of hydrogen-bond donors (Lipinski definition) is 11. The standard InChI is InChI=1S/C34H28ClN5O4S.C13H12ClNO.C12H13ClN2O.CH4/c35-16-20-17-40(29-15-30(41)23-3-1-2-4-24(23)32(20)29)34(44)28-14-19-12-22(6-8-26(19)39-28)37-33(43)27-13-18-11-21(5-7-25(18)38-27)36-31(42)9-10-45;14-6-8-7-15-11-5-12(16)9-3-1-2-4-10(9)13(8)11;1-6-4-15-12-9(16)2-8-11(10(6)12)7(3-13)5-14-8;/h1-8,11-15,20,38-39,41,45H,9-10,16-17H2,(H,36,42)(H,37,43);1-5,8,15-16H,6-7H2;2,4,7,14-16H,3,5H2,1H3;1H4/t20-;8-;7-;/m111./s1/i;;;1D. The Bertz CT molecular complexity index is 3980. The van der Waals surface area contributed by atoms with Crippen LogP contribution in [0, 0.1) is 6.92 Å². The minimum Gasteiger partial charge on any atom is -0.507 e. The molecule has 10 aromatic rings.